The van der Waals surface area contributed by atoms with Crippen LogP contribution < -0.4 is 4.74 Å². The zero-order valence-electron chi connectivity index (χ0n) is 8.32. The minimum Gasteiger partial charge on any atom is -0.490 e. The molecule has 0 saturated carbocycles. The monoisotopic (exact) mass is 288 g/mol. The highest BCUT2D eigenvalue weighted by atomic mass is 79.9. The van der Waals surface area contributed by atoms with Gasteiger partial charge in [0.05, 0.1) is 4.47 Å². The van der Waals surface area contributed by atoms with Gasteiger partial charge in [-0.2, -0.15) is 0 Å². The first-order chi connectivity index (χ1) is 7.63. The molecule has 1 rings (SSSR count). The van der Waals surface area contributed by atoms with E-state index in [4.69, 9.17) is 9.84 Å². The van der Waals surface area contributed by atoms with Crippen molar-refractivity contribution in [1.29, 1.82) is 0 Å². The maximum absolute atomic E-state index is 11.9. The highest BCUT2D eigenvalue weighted by Gasteiger charge is 2.01. The van der Waals surface area contributed by atoms with Gasteiger partial charge in [-0.15, -0.1) is 0 Å². The van der Waals surface area contributed by atoms with Crippen LogP contribution in [0.2, 0.25) is 0 Å². The molecule has 3 nitrogen and oxygen atoms in total. The van der Waals surface area contributed by atoms with Crippen molar-refractivity contribution in [2.24, 2.45) is 0 Å². The maximum Gasteiger partial charge on any atom is 0.328 e. The van der Waals surface area contributed by atoms with Crippen LogP contribution in [0.25, 0.3) is 6.08 Å². The molecule has 0 atom stereocenters. The summed E-state index contributed by atoms with van der Waals surface area (Å²) in [6.45, 7) is -0.546. The topological polar surface area (TPSA) is 46.5 Å². The lowest BCUT2D eigenvalue weighted by Gasteiger charge is -2.06. The third-order valence-electron chi connectivity index (χ3n) is 1.71. The summed E-state index contributed by atoms with van der Waals surface area (Å²) in [7, 11) is 0. The van der Waals surface area contributed by atoms with Crippen LogP contribution in [0.15, 0.2) is 28.7 Å². The highest BCUT2D eigenvalue weighted by Crippen LogP contribution is 2.26. The molecule has 0 unspecified atom stereocenters. The van der Waals surface area contributed by atoms with Gasteiger partial charge in [0.15, 0.2) is 0 Å². The molecule has 0 spiro atoms. The molecule has 0 aliphatic heterocycles. The van der Waals surface area contributed by atoms with Crippen molar-refractivity contribution in [3.05, 3.63) is 34.3 Å². The van der Waals surface area contributed by atoms with Crippen LogP contribution in [0.5, 0.6) is 5.75 Å². The lowest BCUT2D eigenvalue weighted by Crippen LogP contribution is -1.99. The Bertz CT molecular complexity index is 404. The number of carbonyl (C=O) groups is 1. The normalized spacial score (nSPS) is 10.6. The Morgan fingerprint density at radius 2 is 2.31 bits per heavy atom. The van der Waals surface area contributed by atoms with E-state index >= 15 is 0 Å². The van der Waals surface area contributed by atoms with Gasteiger partial charge in [0, 0.05) is 6.08 Å². The van der Waals surface area contributed by atoms with Gasteiger partial charge < -0.3 is 9.84 Å². The van der Waals surface area contributed by atoms with Gasteiger partial charge in [-0.05, 0) is 39.7 Å². The van der Waals surface area contributed by atoms with E-state index in [1.807, 2.05) is 0 Å². The quantitative estimate of drug-likeness (QED) is 0.848. The summed E-state index contributed by atoms with van der Waals surface area (Å²) in [6, 6.07) is 5.05. The fraction of sp³-hybridized carbons (Fsp3) is 0.182. The predicted molar refractivity (Wildman–Crippen MR) is 62.3 cm³/mol. The summed E-state index contributed by atoms with van der Waals surface area (Å²) in [5.74, 6) is -0.473. The number of ether oxygens (including phenoxy) is 1. The largest absolute Gasteiger partial charge is 0.490 e. The molecule has 0 fully saturated rings. The number of alkyl halides is 1. The van der Waals surface area contributed by atoms with E-state index in [9.17, 15) is 9.18 Å². The van der Waals surface area contributed by atoms with E-state index < -0.39 is 12.6 Å². The number of hydrogen-bond donors (Lipinski definition) is 1. The lowest BCUT2D eigenvalue weighted by molar-refractivity contribution is -0.131. The third kappa shape index (κ3) is 4.02. The summed E-state index contributed by atoms with van der Waals surface area (Å²) >= 11 is 3.26. The Hall–Kier alpha value is -1.36. The van der Waals surface area contributed by atoms with E-state index in [0.29, 0.717) is 10.2 Å². The van der Waals surface area contributed by atoms with Crippen LogP contribution in [-0.4, -0.2) is 24.4 Å². The second kappa shape index (κ2) is 6.27. The minimum atomic E-state index is -1.01. The molecule has 0 amide bonds. The summed E-state index contributed by atoms with van der Waals surface area (Å²) in [5.41, 5.74) is 0.724. The molecule has 5 heteroatoms. The van der Waals surface area contributed by atoms with Crippen molar-refractivity contribution in [3.8, 4) is 5.75 Å². The summed E-state index contributed by atoms with van der Waals surface area (Å²) in [4.78, 5) is 10.3. The highest BCUT2D eigenvalue weighted by molar-refractivity contribution is 9.10. The van der Waals surface area contributed by atoms with Crippen LogP contribution in [0.1, 0.15) is 5.56 Å². The zero-order chi connectivity index (χ0) is 12.0. The summed E-state index contributed by atoms with van der Waals surface area (Å²) < 4.78 is 17.6. The molecule has 0 bridgehead atoms. The molecule has 0 aliphatic rings. The van der Waals surface area contributed by atoms with Crippen molar-refractivity contribution in [3.63, 3.8) is 0 Å². The first kappa shape index (κ1) is 12.7. The zero-order valence-corrected chi connectivity index (χ0v) is 9.91. The second-order valence-corrected chi connectivity index (χ2v) is 3.75. The van der Waals surface area contributed by atoms with Crippen molar-refractivity contribution in [2.75, 3.05) is 13.3 Å². The van der Waals surface area contributed by atoms with E-state index in [2.05, 4.69) is 15.9 Å². The number of benzene rings is 1. The van der Waals surface area contributed by atoms with Gasteiger partial charge in [0.2, 0.25) is 0 Å². The number of carboxylic acids is 1. The average Bonchev–Trinajstić information content (AvgIpc) is 2.25. The van der Waals surface area contributed by atoms with Gasteiger partial charge in [-0.3, -0.25) is 0 Å². The van der Waals surface area contributed by atoms with Crippen LogP contribution in [-0.2, 0) is 4.79 Å². The Balaban J connectivity index is 2.78. The minimum absolute atomic E-state index is 0.00289. The number of carboxylic acid groups (broad SMARTS) is 1. The van der Waals surface area contributed by atoms with Crippen LogP contribution in [0, 0.1) is 0 Å². The number of rotatable bonds is 5. The predicted octanol–water partition coefficient (Wildman–Crippen LogP) is 2.90. The summed E-state index contributed by atoms with van der Waals surface area (Å²) in [6.07, 6.45) is 2.51. The number of hydrogen-bond acceptors (Lipinski definition) is 2. The third-order valence-corrected chi connectivity index (χ3v) is 2.33. The molecule has 1 aromatic rings. The van der Waals surface area contributed by atoms with Crippen molar-refractivity contribution < 1.29 is 19.0 Å². The molecule has 0 heterocycles. The average molecular weight is 289 g/mol. The second-order valence-electron chi connectivity index (χ2n) is 2.90. The van der Waals surface area contributed by atoms with Gasteiger partial charge in [0.1, 0.15) is 19.0 Å². The molecular weight excluding hydrogens is 279 g/mol. The van der Waals surface area contributed by atoms with E-state index in [1.165, 1.54) is 6.08 Å². The van der Waals surface area contributed by atoms with Gasteiger partial charge >= 0.3 is 5.97 Å². The van der Waals surface area contributed by atoms with Crippen LogP contribution in [0.4, 0.5) is 4.39 Å². The molecule has 0 radical (unpaired) electrons. The van der Waals surface area contributed by atoms with Crippen molar-refractivity contribution in [2.45, 2.75) is 0 Å². The van der Waals surface area contributed by atoms with E-state index in [-0.39, 0.29) is 6.61 Å². The molecule has 0 aliphatic carbocycles. The lowest BCUT2D eigenvalue weighted by atomic mass is 10.2. The van der Waals surface area contributed by atoms with Gasteiger partial charge in [0.25, 0.3) is 0 Å². The van der Waals surface area contributed by atoms with Crippen LogP contribution in [0.3, 0.4) is 0 Å². The summed E-state index contributed by atoms with van der Waals surface area (Å²) in [5, 5.41) is 8.45. The maximum atomic E-state index is 11.9. The molecule has 1 N–H and O–H groups in total. The standard InChI is InChI=1S/C11H10BrFO3/c12-9-7-8(2-4-11(14)15)1-3-10(9)16-6-5-13/h1-4,7H,5-6H2,(H,14,15)/b4-2+. The Kier molecular flexibility index (Phi) is 4.98. The Labute approximate surface area is 101 Å². The molecule has 0 aromatic heterocycles. The first-order valence-electron chi connectivity index (χ1n) is 4.53. The Morgan fingerprint density at radius 3 is 2.88 bits per heavy atom. The smallest absolute Gasteiger partial charge is 0.328 e. The molecule has 16 heavy (non-hydrogen) atoms. The molecule has 1 aromatic carbocycles. The van der Waals surface area contributed by atoms with Crippen molar-refractivity contribution in [1.82, 2.24) is 0 Å². The van der Waals surface area contributed by atoms with E-state index in [1.54, 1.807) is 18.2 Å². The molecule has 0 saturated heterocycles. The fourth-order valence-electron chi connectivity index (χ4n) is 1.05. The van der Waals surface area contributed by atoms with E-state index in [0.717, 1.165) is 11.6 Å². The molecular formula is C11H10BrFO3. The fourth-order valence-corrected chi connectivity index (χ4v) is 1.56. The van der Waals surface area contributed by atoms with Crippen LogP contribution >= 0.6 is 15.9 Å². The number of halogens is 2. The number of aliphatic carboxylic acids is 1. The Morgan fingerprint density at radius 1 is 1.56 bits per heavy atom. The van der Waals surface area contributed by atoms with Gasteiger partial charge in [-0.1, -0.05) is 6.07 Å². The molecule has 86 valence electrons. The first-order valence-corrected chi connectivity index (χ1v) is 5.32. The van der Waals surface area contributed by atoms with Gasteiger partial charge in [-0.25, -0.2) is 9.18 Å². The SMILES string of the molecule is O=C(O)/C=C/c1ccc(OCCF)c(Br)c1. The van der Waals surface area contributed by atoms with Crippen molar-refractivity contribution >= 4 is 28.0 Å².